The first-order chi connectivity index (χ1) is 13.2. The normalized spacial score (nSPS) is 28.7. The molecule has 3 nitrogen and oxygen atoms in total. The molecule has 0 N–H and O–H groups in total. The largest absolute Gasteiger partial charge is 0.425 e. The number of aromatic nitrogens is 1. The summed E-state index contributed by atoms with van der Waals surface area (Å²) >= 11 is 0. The molecule has 27 heavy (non-hydrogen) atoms. The van der Waals surface area contributed by atoms with Crippen LogP contribution in [0.4, 0.5) is 0 Å². The molecule has 0 unspecified atom stereocenters. The SMILES string of the molecule is CCC(=O)Oc1ccc(CCC2CCC([C@H]3CC[C@H](CC)CC3)CC2)nc1. The number of ether oxygens (including phenoxy) is 1. The van der Waals surface area contributed by atoms with Gasteiger partial charge in [-0.25, -0.2) is 0 Å². The Kier molecular flexibility index (Phi) is 7.72. The topological polar surface area (TPSA) is 39.2 Å². The number of hydrogen-bond acceptors (Lipinski definition) is 3. The quantitative estimate of drug-likeness (QED) is 0.524. The van der Waals surface area contributed by atoms with Crippen molar-refractivity contribution in [3.63, 3.8) is 0 Å². The van der Waals surface area contributed by atoms with Crippen molar-refractivity contribution in [2.24, 2.45) is 23.7 Å². The van der Waals surface area contributed by atoms with Crippen molar-refractivity contribution < 1.29 is 9.53 Å². The van der Waals surface area contributed by atoms with Crippen LogP contribution in [0.2, 0.25) is 0 Å². The smallest absolute Gasteiger partial charge is 0.310 e. The number of rotatable bonds is 7. The molecule has 0 saturated heterocycles. The van der Waals surface area contributed by atoms with Gasteiger partial charge in [0.15, 0.2) is 0 Å². The van der Waals surface area contributed by atoms with Gasteiger partial charge in [0, 0.05) is 12.1 Å². The Hall–Kier alpha value is -1.38. The fraction of sp³-hybridized carbons (Fsp3) is 0.750. The van der Waals surface area contributed by atoms with Gasteiger partial charge in [0.25, 0.3) is 0 Å². The van der Waals surface area contributed by atoms with Crippen LogP contribution in [0.25, 0.3) is 0 Å². The Morgan fingerprint density at radius 2 is 1.59 bits per heavy atom. The lowest BCUT2D eigenvalue weighted by Gasteiger charge is -2.37. The summed E-state index contributed by atoms with van der Waals surface area (Å²) in [4.78, 5) is 15.8. The Bertz CT molecular complexity index is 567. The van der Waals surface area contributed by atoms with Gasteiger partial charge in [0.2, 0.25) is 0 Å². The summed E-state index contributed by atoms with van der Waals surface area (Å²) in [6.07, 6.45) is 17.4. The van der Waals surface area contributed by atoms with E-state index in [1.165, 1.54) is 64.2 Å². The van der Waals surface area contributed by atoms with E-state index in [-0.39, 0.29) is 5.97 Å². The van der Waals surface area contributed by atoms with Crippen LogP contribution in [0, 0.1) is 23.7 Å². The zero-order valence-electron chi connectivity index (χ0n) is 17.3. The predicted octanol–water partition coefficient (Wildman–Crippen LogP) is 6.35. The van der Waals surface area contributed by atoms with E-state index in [4.69, 9.17) is 4.74 Å². The zero-order chi connectivity index (χ0) is 19.1. The average Bonchev–Trinajstić information content (AvgIpc) is 2.73. The summed E-state index contributed by atoms with van der Waals surface area (Å²) in [5.41, 5.74) is 1.12. The Balaban J connectivity index is 1.36. The zero-order valence-corrected chi connectivity index (χ0v) is 17.3. The van der Waals surface area contributed by atoms with E-state index in [9.17, 15) is 4.79 Å². The second-order valence-electron chi connectivity index (χ2n) is 8.82. The molecule has 0 atom stereocenters. The van der Waals surface area contributed by atoms with Crippen molar-refractivity contribution in [3.05, 3.63) is 24.0 Å². The first kappa shape index (κ1) is 20.4. The van der Waals surface area contributed by atoms with Crippen LogP contribution >= 0.6 is 0 Å². The maximum Gasteiger partial charge on any atom is 0.310 e. The van der Waals surface area contributed by atoms with Crippen molar-refractivity contribution >= 4 is 5.97 Å². The molecule has 0 amide bonds. The molecule has 2 saturated carbocycles. The van der Waals surface area contributed by atoms with Crippen LogP contribution in [0.15, 0.2) is 18.3 Å². The van der Waals surface area contributed by atoms with Gasteiger partial charge in [-0.05, 0) is 74.3 Å². The number of hydrogen-bond donors (Lipinski definition) is 0. The molecule has 3 heteroatoms. The number of pyridine rings is 1. The highest BCUT2D eigenvalue weighted by Gasteiger charge is 2.30. The summed E-state index contributed by atoms with van der Waals surface area (Å²) in [7, 11) is 0. The molecule has 0 aromatic carbocycles. The summed E-state index contributed by atoms with van der Waals surface area (Å²) in [5, 5.41) is 0. The molecule has 1 aromatic heterocycles. The number of aryl methyl sites for hydroxylation is 1. The fourth-order valence-corrected chi connectivity index (χ4v) is 5.19. The molecule has 150 valence electrons. The van der Waals surface area contributed by atoms with E-state index in [1.807, 2.05) is 12.1 Å². The van der Waals surface area contributed by atoms with Gasteiger partial charge in [0.1, 0.15) is 5.75 Å². The van der Waals surface area contributed by atoms with E-state index in [2.05, 4.69) is 11.9 Å². The number of carbonyl (C=O) groups is 1. The molecule has 1 heterocycles. The van der Waals surface area contributed by atoms with Crippen LogP contribution in [0.3, 0.4) is 0 Å². The van der Waals surface area contributed by atoms with Crippen LogP contribution in [-0.2, 0) is 11.2 Å². The third-order valence-electron chi connectivity index (χ3n) is 7.15. The lowest BCUT2D eigenvalue weighted by Crippen LogP contribution is -2.25. The lowest BCUT2D eigenvalue weighted by atomic mass is 9.68. The minimum atomic E-state index is -0.204. The second-order valence-corrected chi connectivity index (χ2v) is 8.82. The van der Waals surface area contributed by atoms with Crippen molar-refractivity contribution in [1.29, 1.82) is 0 Å². The Morgan fingerprint density at radius 1 is 0.963 bits per heavy atom. The maximum atomic E-state index is 11.3. The molecular formula is C24H37NO2. The summed E-state index contributed by atoms with van der Waals surface area (Å²) in [6.45, 7) is 4.16. The van der Waals surface area contributed by atoms with E-state index < -0.39 is 0 Å². The van der Waals surface area contributed by atoms with Gasteiger partial charge in [0.05, 0.1) is 6.20 Å². The monoisotopic (exact) mass is 371 g/mol. The third kappa shape index (κ3) is 6.05. The van der Waals surface area contributed by atoms with Gasteiger partial charge in [-0.2, -0.15) is 0 Å². The summed E-state index contributed by atoms with van der Waals surface area (Å²) < 4.78 is 5.19. The molecule has 2 aliphatic carbocycles. The molecule has 0 spiro atoms. The highest BCUT2D eigenvalue weighted by molar-refractivity contribution is 5.71. The summed E-state index contributed by atoms with van der Waals surface area (Å²) in [5.74, 6) is 4.27. The molecule has 2 fully saturated rings. The Labute approximate surface area is 165 Å². The van der Waals surface area contributed by atoms with E-state index in [0.717, 1.165) is 35.8 Å². The van der Waals surface area contributed by atoms with Gasteiger partial charge < -0.3 is 4.74 Å². The van der Waals surface area contributed by atoms with Crippen LogP contribution in [0.1, 0.15) is 90.2 Å². The Morgan fingerprint density at radius 3 is 2.11 bits per heavy atom. The van der Waals surface area contributed by atoms with Crippen molar-refractivity contribution in [1.82, 2.24) is 4.98 Å². The number of carbonyl (C=O) groups excluding carboxylic acids is 1. The number of esters is 1. The lowest BCUT2D eigenvalue weighted by molar-refractivity contribution is -0.134. The first-order valence-electron chi connectivity index (χ1n) is 11.3. The minimum Gasteiger partial charge on any atom is -0.425 e. The van der Waals surface area contributed by atoms with E-state index >= 15 is 0 Å². The van der Waals surface area contributed by atoms with Crippen molar-refractivity contribution in [2.75, 3.05) is 0 Å². The second kappa shape index (κ2) is 10.2. The van der Waals surface area contributed by atoms with Crippen LogP contribution < -0.4 is 4.74 Å². The molecule has 3 rings (SSSR count). The standard InChI is InChI=1S/C24H37NO2/c1-3-18-5-10-20(11-6-18)21-12-7-19(8-13-21)9-14-22-15-16-23(17-25-22)27-24(26)4-2/h15-21H,3-14H2,1-2H3/t18-,19?,20-,21?. The van der Waals surface area contributed by atoms with Crippen LogP contribution in [-0.4, -0.2) is 11.0 Å². The van der Waals surface area contributed by atoms with E-state index in [0.29, 0.717) is 12.2 Å². The van der Waals surface area contributed by atoms with Crippen LogP contribution in [0.5, 0.6) is 5.75 Å². The van der Waals surface area contributed by atoms with Gasteiger partial charge in [-0.1, -0.05) is 46.0 Å². The highest BCUT2D eigenvalue weighted by Crippen LogP contribution is 2.42. The van der Waals surface area contributed by atoms with Crippen molar-refractivity contribution in [3.8, 4) is 5.75 Å². The molecule has 1 aromatic rings. The molecule has 0 bridgehead atoms. The molecule has 0 aliphatic heterocycles. The maximum absolute atomic E-state index is 11.3. The number of nitrogens with zero attached hydrogens (tertiary/aromatic N) is 1. The summed E-state index contributed by atoms with van der Waals surface area (Å²) in [6, 6.07) is 3.88. The fourth-order valence-electron chi connectivity index (χ4n) is 5.19. The first-order valence-corrected chi connectivity index (χ1v) is 11.3. The minimum absolute atomic E-state index is 0.204. The third-order valence-corrected chi connectivity index (χ3v) is 7.15. The van der Waals surface area contributed by atoms with Gasteiger partial charge >= 0.3 is 5.97 Å². The predicted molar refractivity (Wildman–Crippen MR) is 110 cm³/mol. The van der Waals surface area contributed by atoms with Gasteiger partial charge in [-0.3, -0.25) is 9.78 Å². The van der Waals surface area contributed by atoms with Gasteiger partial charge in [-0.15, -0.1) is 0 Å². The highest BCUT2D eigenvalue weighted by atomic mass is 16.5. The molecule has 0 radical (unpaired) electrons. The molecule has 2 aliphatic rings. The van der Waals surface area contributed by atoms with E-state index in [1.54, 1.807) is 13.1 Å². The average molecular weight is 372 g/mol. The molecular weight excluding hydrogens is 334 g/mol. The van der Waals surface area contributed by atoms with Crippen molar-refractivity contribution in [2.45, 2.75) is 90.9 Å².